The molecule has 0 aliphatic heterocycles. The summed E-state index contributed by atoms with van der Waals surface area (Å²) in [5.74, 6) is 0. The Hall–Kier alpha value is -0.780. The molecule has 0 N–H and O–H groups in total. The molecule has 0 aromatic carbocycles. The Bertz CT molecular complexity index is 182. The molecule has 0 unspecified atom stereocenters. The summed E-state index contributed by atoms with van der Waals surface area (Å²) < 4.78 is 0. The first-order chi connectivity index (χ1) is 5.70. The first-order valence-electron chi connectivity index (χ1n) is 4.66. The molecule has 0 heterocycles. The molecule has 0 aliphatic rings. The van der Waals surface area contributed by atoms with Gasteiger partial charge in [-0.05, 0) is 33.1 Å². The lowest BCUT2D eigenvalue weighted by Crippen LogP contribution is -1.75. The minimum Gasteiger partial charge on any atom is -0.0959 e. The molecule has 0 fully saturated rings. The Morgan fingerprint density at radius 1 is 1.42 bits per heavy atom. The minimum atomic E-state index is 1.05. The molecule has 0 rings (SSSR count). The quantitative estimate of drug-likeness (QED) is 0.421. The molecule has 0 spiro atoms. The second kappa shape index (κ2) is 6.90. The molecular weight excluding hydrogens is 144 g/mol. The molecular formula is C12H20. The average Bonchev–Trinajstić information content (AvgIpc) is 2.11. The molecule has 12 heavy (non-hydrogen) atoms. The van der Waals surface area contributed by atoms with Gasteiger partial charge in [0.1, 0.15) is 0 Å². The van der Waals surface area contributed by atoms with Crippen molar-refractivity contribution >= 4 is 0 Å². The van der Waals surface area contributed by atoms with Gasteiger partial charge in [-0.1, -0.05) is 42.9 Å². The van der Waals surface area contributed by atoms with Gasteiger partial charge >= 0.3 is 0 Å². The van der Waals surface area contributed by atoms with Crippen molar-refractivity contribution in [2.45, 2.75) is 40.0 Å². The highest BCUT2D eigenvalue weighted by atomic mass is 13.9. The third-order valence-corrected chi connectivity index (χ3v) is 2.01. The molecule has 0 aromatic rings. The second-order valence-electron chi connectivity index (χ2n) is 3.09. The van der Waals surface area contributed by atoms with E-state index in [0.29, 0.717) is 0 Å². The van der Waals surface area contributed by atoms with Gasteiger partial charge in [0.2, 0.25) is 0 Å². The maximum Gasteiger partial charge on any atom is -0.0288 e. The number of allylic oxidation sites excluding steroid dienone is 5. The molecule has 0 amide bonds. The molecule has 0 aromatic heterocycles. The Labute approximate surface area is 76.7 Å². The fourth-order valence-electron chi connectivity index (χ4n) is 0.823. The molecule has 0 aliphatic carbocycles. The third-order valence-electron chi connectivity index (χ3n) is 2.01. The monoisotopic (exact) mass is 164 g/mol. The predicted molar refractivity (Wildman–Crippen MR) is 57.2 cm³/mol. The van der Waals surface area contributed by atoms with E-state index < -0.39 is 0 Å². The maximum absolute atomic E-state index is 3.91. The number of hydrogen-bond acceptors (Lipinski definition) is 0. The van der Waals surface area contributed by atoms with Gasteiger partial charge in [0.15, 0.2) is 0 Å². The first kappa shape index (κ1) is 11.2. The SMILES string of the molecule is C=C(C=CCCC(C)=CC)CC. The molecule has 0 atom stereocenters. The molecule has 0 bridgehead atoms. The zero-order valence-corrected chi connectivity index (χ0v) is 8.56. The van der Waals surface area contributed by atoms with E-state index in [1.54, 1.807) is 0 Å². The lowest BCUT2D eigenvalue weighted by molar-refractivity contribution is 0.971. The highest BCUT2D eigenvalue weighted by Crippen LogP contribution is 2.05. The van der Waals surface area contributed by atoms with E-state index >= 15 is 0 Å². The van der Waals surface area contributed by atoms with Gasteiger partial charge in [0.05, 0.1) is 0 Å². The summed E-state index contributed by atoms with van der Waals surface area (Å²) in [5.41, 5.74) is 2.68. The zero-order chi connectivity index (χ0) is 9.40. The van der Waals surface area contributed by atoms with Gasteiger partial charge in [0, 0.05) is 0 Å². The predicted octanol–water partition coefficient (Wildman–Crippen LogP) is 4.26. The van der Waals surface area contributed by atoms with Crippen LogP contribution in [0.15, 0.2) is 36.0 Å². The zero-order valence-electron chi connectivity index (χ0n) is 8.56. The van der Waals surface area contributed by atoms with E-state index in [0.717, 1.165) is 12.8 Å². The molecule has 0 nitrogen and oxygen atoms in total. The fourth-order valence-corrected chi connectivity index (χ4v) is 0.823. The van der Waals surface area contributed by atoms with Crippen LogP contribution in [-0.4, -0.2) is 0 Å². The summed E-state index contributed by atoms with van der Waals surface area (Å²) in [5, 5.41) is 0. The lowest BCUT2D eigenvalue weighted by atomic mass is 10.1. The number of hydrogen-bond donors (Lipinski definition) is 0. The number of rotatable bonds is 5. The largest absolute Gasteiger partial charge is 0.0959 e. The van der Waals surface area contributed by atoms with Crippen molar-refractivity contribution in [1.82, 2.24) is 0 Å². The topological polar surface area (TPSA) is 0 Å². The molecule has 0 radical (unpaired) electrons. The van der Waals surface area contributed by atoms with Crippen LogP contribution >= 0.6 is 0 Å². The van der Waals surface area contributed by atoms with E-state index in [1.807, 2.05) is 0 Å². The van der Waals surface area contributed by atoms with Crippen molar-refractivity contribution in [2.75, 3.05) is 0 Å². The average molecular weight is 164 g/mol. The molecule has 0 saturated carbocycles. The summed E-state index contributed by atoms with van der Waals surface area (Å²) >= 11 is 0. The van der Waals surface area contributed by atoms with E-state index in [9.17, 15) is 0 Å². The molecule has 68 valence electrons. The van der Waals surface area contributed by atoms with Crippen LogP contribution in [0.2, 0.25) is 0 Å². The Kier molecular flexibility index (Phi) is 6.45. The van der Waals surface area contributed by atoms with Crippen LogP contribution in [0.5, 0.6) is 0 Å². The van der Waals surface area contributed by atoms with E-state index in [4.69, 9.17) is 0 Å². The van der Waals surface area contributed by atoms with Gasteiger partial charge in [-0.2, -0.15) is 0 Å². The van der Waals surface area contributed by atoms with Crippen LogP contribution in [0.1, 0.15) is 40.0 Å². The van der Waals surface area contributed by atoms with Gasteiger partial charge in [0.25, 0.3) is 0 Å². The van der Waals surface area contributed by atoms with Crippen molar-refractivity contribution in [2.24, 2.45) is 0 Å². The maximum atomic E-state index is 3.91. The normalized spacial score (nSPS) is 12.4. The Balaban J connectivity index is 3.56. The Morgan fingerprint density at radius 3 is 2.58 bits per heavy atom. The van der Waals surface area contributed by atoms with Gasteiger partial charge in [-0.25, -0.2) is 0 Å². The lowest BCUT2D eigenvalue weighted by Gasteiger charge is -1.95. The van der Waals surface area contributed by atoms with Crippen LogP contribution in [0.25, 0.3) is 0 Å². The van der Waals surface area contributed by atoms with Crippen molar-refractivity contribution in [3.8, 4) is 0 Å². The summed E-state index contributed by atoms with van der Waals surface area (Å²) in [6, 6.07) is 0. The van der Waals surface area contributed by atoms with Crippen LogP contribution in [0.4, 0.5) is 0 Å². The van der Waals surface area contributed by atoms with Crippen molar-refractivity contribution in [3.05, 3.63) is 36.0 Å². The first-order valence-corrected chi connectivity index (χ1v) is 4.66. The molecule has 0 heteroatoms. The van der Waals surface area contributed by atoms with Crippen molar-refractivity contribution in [1.29, 1.82) is 0 Å². The highest BCUT2D eigenvalue weighted by Gasteiger charge is 1.85. The minimum absolute atomic E-state index is 1.05. The van der Waals surface area contributed by atoms with Crippen LogP contribution < -0.4 is 0 Å². The highest BCUT2D eigenvalue weighted by molar-refractivity contribution is 5.13. The van der Waals surface area contributed by atoms with E-state index in [1.165, 1.54) is 17.6 Å². The third kappa shape index (κ3) is 5.96. The second-order valence-corrected chi connectivity index (χ2v) is 3.09. The smallest absolute Gasteiger partial charge is 0.0288 e. The standard InChI is InChI=1S/C12H20/c1-5-11(3)9-7-8-10-12(4)6-2/h6-7,9H,3,5,8,10H2,1-2,4H3. The summed E-state index contributed by atoms with van der Waals surface area (Å²) in [6.07, 6.45) is 9.86. The summed E-state index contributed by atoms with van der Waals surface area (Å²) in [6.45, 7) is 10.3. The summed E-state index contributed by atoms with van der Waals surface area (Å²) in [4.78, 5) is 0. The van der Waals surface area contributed by atoms with E-state index in [2.05, 4.69) is 45.6 Å². The van der Waals surface area contributed by atoms with Crippen LogP contribution in [0, 0.1) is 0 Å². The van der Waals surface area contributed by atoms with E-state index in [-0.39, 0.29) is 0 Å². The Morgan fingerprint density at radius 2 is 2.08 bits per heavy atom. The van der Waals surface area contributed by atoms with Crippen molar-refractivity contribution in [3.63, 3.8) is 0 Å². The van der Waals surface area contributed by atoms with Gasteiger partial charge in [-0.3, -0.25) is 0 Å². The van der Waals surface area contributed by atoms with Crippen LogP contribution in [-0.2, 0) is 0 Å². The van der Waals surface area contributed by atoms with Crippen LogP contribution in [0.3, 0.4) is 0 Å². The fraction of sp³-hybridized carbons (Fsp3) is 0.500. The summed E-state index contributed by atoms with van der Waals surface area (Å²) in [7, 11) is 0. The van der Waals surface area contributed by atoms with Gasteiger partial charge in [-0.15, -0.1) is 0 Å². The van der Waals surface area contributed by atoms with Crippen molar-refractivity contribution < 1.29 is 0 Å². The van der Waals surface area contributed by atoms with Gasteiger partial charge < -0.3 is 0 Å². The molecule has 0 saturated heterocycles.